The molecule has 0 saturated carbocycles. The number of amides is 2. The highest BCUT2D eigenvalue weighted by molar-refractivity contribution is 8.01. The molecule has 3 aromatic rings. The van der Waals surface area contributed by atoms with Gasteiger partial charge in [0.05, 0.1) is 17.4 Å². The minimum atomic E-state index is -1.15. The standard InChI is InChI=1S/C25H23N3O4S/c29-22(15-21-24(30)28-19-10-4-5-11-20(19)33-21)32-23(18-9-6-13-26-16-18)25(31)27-14-12-17-7-2-1-3-8-17/h1-11,13,16,21,23H,12,14-15H2,(H,27,31)(H,28,30)/t21-,23-/m1/s1. The molecule has 0 radical (unpaired) electrons. The zero-order chi connectivity index (χ0) is 23.0. The number of hydrogen-bond acceptors (Lipinski definition) is 6. The summed E-state index contributed by atoms with van der Waals surface area (Å²) in [4.78, 5) is 43.0. The number of para-hydroxylation sites is 1. The van der Waals surface area contributed by atoms with Crippen LogP contribution in [0, 0.1) is 0 Å². The molecule has 2 heterocycles. The molecule has 0 saturated heterocycles. The second kappa shape index (κ2) is 10.8. The van der Waals surface area contributed by atoms with Gasteiger partial charge in [0.2, 0.25) is 12.0 Å². The summed E-state index contributed by atoms with van der Waals surface area (Å²) in [6.45, 7) is 0.398. The Morgan fingerprint density at radius 2 is 1.85 bits per heavy atom. The van der Waals surface area contributed by atoms with Gasteiger partial charge in [-0.1, -0.05) is 48.5 Å². The fourth-order valence-electron chi connectivity index (χ4n) is 3.43. The highest BCUT2D eigenvalue weighted by atomic mass is 32.2. The maximum atomic E-state index is 12.9. The number of pyridine rings is 1. The van der Waals surface area contributed by atoms with Crippen LogP contribution in [0.4, 0.5) is 5.69 Å². The zero-order valence-electron chi connectivity index (χ0n) is 17.8. The van der Waals surface area contributed by atoms with Gasteiger partial charge in [-0.3, -0.25) is 19.4 Å². The van der Waals surface area contributed by atoms with Crippen molar-refractivity contribution in [2.75, 3.05) is 11.9 Å². The second-order valence-electron chi connectivity index (χ2n) is 7.48. The first-order chi connectivity index (χ1) is 16.1. The van der Waals surface area contributed by atoms with Crippen LogP contribution in [-0.2, 0) is 25.5 Å². The third-order valence-corrected chi connectivity index (χ3v) is 6.36. The number of benzene rings is 2. The summed E-state index contributed by atoms with van der Waals surface area (Å²) >= 11 is 1.31. The number of aromatic nitrogens is 1. The number of thioether (sulfide) groups is 1. The lowest BCUT2D eigenvalue weighted by Gasteiger charge is -2.24. The van der Waals surface area contributed by atoms with Crippen molar-refractivity contribution >= 4 is 35.2 Å². The van der Waals surface area contributed by atoms with Crippen LogP contribution in [0.5, 0.6) is 0 Å². The maximum absolute atomic E-state index is 12.9. The van der Waals surface area contributed by atoms with Crippen LogP contribution < -0.4 is 10.6 Å². The van der Waals surface area contributed by atoms with Gasteiger partial charge < -0.3 is 15.4 Å². The number of ether oxygens (including phenoxy) is 1. The Balaban J connectivity index is 1.39. The largest absolute Gasteiger partial charge is 0.447 e. The highest BCUT2D eigenvalue weighted by Crippen LogP contribution is 2.37. The number of rotatable bonds is 8. The van der Waals surface area contributed by atoms with Crippen molar-refractivity contribution < 1.29 is 19.1 Å². The molecule has 2 atom stereocenters. The molecule has 4 rings (SSSR count). The average Bonchev–Trinajstić information content (AvgIpc) is 2.84. The fourth-order valence-corrected chi connectivity index (χ4v) is 4.52. The van der Waals surface area contributed by atoms with Crippen molar-refractivity contribution in [1.82, 2.24) is 10.3 Å². The third kappa shape index (κ3) is 5.98. The molecule has 0 fully saturated rings. The second-order valence-corrected chi connectivity index (χ2v) is 8.72. The van der Waals surface area contributed by atoms with E-state index in [9.17, 15) is 14.4 Å². The van der Waals surface area contributed by atoms with Gasteiger partial charge in [0, 0.05) is 29.4 Å². The first-order valence-corrected chi connectivity index (χ1v) is 11.5. The van der Waals surface area contributed by atoms with E-state index in [1.54, 1.807) is 18.3 Å². The SMILES string of the molecule is O=C(C[C@H]1Sc2ccccc2NC1=O)O[C@@H](C(=O)NCCc1ccccc1)c1cccnc1. The summed E-state index contributed by atoms with van der Waals surface area (Å²) in [7, 11) is 0. The molecule has 0 spiro atoms. The average molecular weight is 462 g/mol. The number of hydrogen-bond donors (Lipinski definition) is 2. The van der Waals surface area contributed by atoms with Crippen LogP contribution in [0.2, 0.25) is 0 Å². The Bertz CT molecular complexity index is 1120. The number of nitrogens with one attached hydrogen (secondary N) is 2. The number of esters is 1. The van der Waals surface area contributed by atoms with Gasteiger partial charge in [-0.2, -0.15) is 0 Å². The van der Waals surface area contributed by atoms with Crippen molar-refractivity contribution in [3.05, 3.63) is 90.3 Å². The van der Waals surface area contributed by atoms with Crippen LogP contribution in [-0.4, -0.2) is 34.6 Å². The highest BCUT2D eigenvalue weighted by Gasteiger charge is 2.32. The lowest BCUT2D eigenvalue weighted by molar-refractivity contribution is -0.156. The fraction of sp³-hybridized carbons (Fsp3) is 0.200. The molecule has 2 aromatic carbocycles. The Morgan fingerprint density at radius 1 is 1.06 bits per heavy atom. The summed E-state index contributed by atoms with van der Waals surface area (Å²) in [5.41, 5.74) is 2.28. The molecular weight excluding hydrogens is 438 g/mol. The molecule has 1 aliphatic rings. The molecule has 0 aliphatic carbocycles. The molecule has 168 valence electrons. The zero-order valence-corrected chi connectivity index (χ0v) is 18.6. The lowest BCUT2D eigenvalue weighted by Crippen LogP contribution is -2.35. The van der Waals surface area contributed by atoms with E-state index in [4.69, 9.17) is 4.74 Å². The van der Waals surface area contributed by atoms with E-state index in [1.807, 2.05) is 54.6 Å². The molecular formula is C25H23N3O4S. The summed E-state index contributed by atoms with van der Waals surface area (Å²) in [6, 6.07) is 20.5. The number of nitrogens with zero attached hydrogens (tertiary/aromatic N) is 1. The summed E-state index contributed by atoms with van der Waals surface area (Å²) in [5.74, 6) is -1.33. The Kier molecular flexibility index (Phi) is 7.36. The van der Waals surface area contributed by atoms with Crippen molar-refractivity contribution in [3.8, 4) is 0 Å². The smallest absolute Gasteiger partial charge is 0.308 e. The predicted molar refractivity (Wildman–Crippen MR) is 126 cm³/mol. The molecule has 2 amide bonds. The summed E-state index contributed by atoms with van der Waals surface area (Å²) < 4.78 is 5.56. The van der Waals surface area contributed by atoms with Gasteiger partial charge in [-0.05, 0) is 30.2 Å². The van der Waals surface area contributed by atoms with Gasteiger partial charge in [-0.25, -0.2) is 0 Å². The van der Waals surface area contributed by atoms with Crippen molar-refractivity contribution in [2.24, 2.45) is 0 Å². The van der Waals surface area contributed by atoms with E-state index in [2.05, 4.69) is 15.6 Å². The van der Waals surface area contributed by atoms with Crippen LogP contribution in [0.3, 0.4) is 0 Å². The number of fused-ring (bicyclic) bond motifs is 1. The number of carbonyl (C=O) groups is 3. The molecule has 33 heavy (non-hydrogen) atoms. The van der Waals surface area contributed by atoms with E-state index in [1.165, 1.54) is 18.0 Å². The number of anilines is 1. The van der Waals surface area contributed by atoms with Gasteiger partial charge in [0.1, 0.15) is 0 Å². The predicted octanol–water partition coefficient (Wildman–Crippen LogP) is 3.53. The minimum Gasteiger partial charge on any atom is -0.447 e. The summed E-state index contributed by atoms with van der Waals surface area (Å²) in [5, 5.41) is 5.01. The molecule has 0 bridgehead atoms. The third-order valence-electron chi connectivity index (χ3n) is 5.09. The Labute approximate surface area is 195 Å². The Hall–Kier alpha value is -3.65. The molecule has 0 unspecified atom stereocenters. The van der Waals surface area contributed by atoms with Crippen molar-refractivity contribution in [1.29, 1.82) is 0 Å². The van der Waals surface area contributed by atoms with Gasteiger partial charge >= 0.3 is 5.97 Å². The van der Waals surface area contributed by atoms with Gasteiger partial charge in [0.15, 0.2) is 0 Å². The first-order valence-electron chi connectivity index (χ1n) is 10.6. The van der Waals surface area contributed by atoms with E-state index < -0.39 is 23.2 Å². The van der Waals surface area contributed by atoms with Crippen LogP contribution >= 0.6 is 11.8 Å². The van der Waals surface area contributed by atoms with Gasteiger partial charge in [0.25, 0.3) is 5.91 Å². The van der Waals surface area contributed by atoms with Crippen molar-refractivity contribution in [3.63, 3.8) is 0 Å². The molecule has 1 aromatic heterocycles. The van der Waals surface area contributed by atoms with Gasteiger partial charge in [-0.15, -0.1) is 11.8 Å². The lowest BCUT2D eigenvalue weighted by atomic mass is 10.1. The van der Waals surface area contributed by atoms with Crippen LogP contribution in [0.1, 0.15) is 23.7 Å². The number of carbonyl (C=O) groups excluding carboxylic acids is 3. The van der Waals surface area contributed by atoms with E-state index >= 15 is 0 Å². The summed E-state index contributed by atoms with van der Waals surface area (Å²) in [6.07, 6.45) is 2.42. The maximum Gasteiger partial charge on any atom is 0.308 e. The quantitative estimate of drug-likeness (QED) is 0.498. The molecule has 7 nitrogen and oxygen atoms in total. The molecule has 1 aliphatic heterocycles. The van der Waals surface area contributed by atoms with Crippen LogP contribution in [0.25, 0.3) is 0 Å². The first kappa shape index (κ1) is 22.5. The monoisotopic (exact) mass is 461 g/mol. The normalized spacial score (nSPS) is 15.6. The Morgan fingerprint density at radius 3 is 2.64 bits per heavy atom. The molecule has 2 N–H and O–H groups in total. The minimum absolute atomic E-state index is 0.154. The topological polar surface area (TPSA) is 97.4 Å². The van der Waals surface area contributed by atoms with E-state index in [0.29, 0.717) is 18.5 Å². The van der Waals surface area contributed by atoms with Crippen molar-refractivity contribution in [2.45, 2.75) is 29.1 Å². The van der Waals surface area contributed by atoms with E-state index in [0.717, 1.165) is 16.1 Å². The van der Waals surface area contributed by atoms with Crippen LogP contribution in [0.15, 0.2) is 84.0 Å². The van der Waals surface area contributed by atoms with E-state index in [-0.39, 0.29) is 12.3 Å². The molecule has 8 heteroatoms.